The monoisotopic (exact) mass is 440 g/mol. The van der Waals surface area contributed by atoms with Crippen LogP contribution in [0.15, 0.2) is 65.6 Å². The summed E-state index contributed by atoms with van der Waals surface area (Å²) in [5, 5.41) is 0.365. The highest BCUT2D eigenvalue weighted by molar-refractivity contribution is 7.89. The van der Waals surface area contributed by atoms with Crippen LogP contribution in [0, 0.1) is 0 Å². The standard InChI is InChI=1S/C21H20ClF3N2OS/c22-19-14-18(10-11-20(19)26)29(28)27-12-2-1-4-15(5-3-13-27)16-6-8-17(9-7-16)21(23,24)25/h1,4-11,14H,2-3,12-13,26H2/b4-1+,15-5+/t29-/m1/s1. The summed E-state index contributed by atoms with van der Waals surface area (Å²) in [7, 11) is 0. The summed E-state index contributed by atoms with van der Waals surface area (Å²) >= 11 is 4.66. The minimum absolute atomic E-state index is 0.365. The van der Waals surface area contributed by atoms with Gasteiger partial charge in [-0.05, 0) is 48.2 Å². The van der Waals surface area contributed by atoms with Crippen LogP contribution in [0.25, 0.3) is 5.57 Å². The van der Waals surface area contributed by atoms with Gasteiger partial charge in [-0.15, -0.1) is 4.31 Å². The van der Waals surface area contributed by atoms with Crippen molar-refractivity contribution in [3.8, 4) is 0 Å². The summed E-state index contributed by atoms with van der Waals surface area (Å²) in [4.78, 5) is 0.583. The first kappa shape index (κ1) is 21.8. The van der Waals surface area contributed by atoms with E-state index in [1.807, 2.05) is 22.5 Å². The molecule has 2 aromatic carbocycles. The lowest BCUT2D eigenvalue weighted by Gasteiger charge is -2.23. The minimum Gasteiger partial charge on any atom is -0.593 e. The molecule has 2 aromatic rings. The van der Waals surface area contributed by atoms with E-state index in [1.165, 1.54) is 12.1 Å². The Bertz CT molecular complexity index is 913. The molecule has 0 bridgehead atoms. The number of nitrogens with two attached hydrogens (primary N) is 1. The molecule has 0 amide bonds. The molecule has 29 heavy (non-hydrogen) atoms. The second kappa shape index (κ2) is 9.26. The Hall–Kier alpha value is -1.93. The molecule has 2 N–H and O–H groups in total. The van der Waals surface area contributed by atoms with Gasteiger partial charge < -0.3 is 10.3 Å². The molecular weight excluding hydrogens is 421 g/mol. The zero-order valence-corrected chi connectivity index (χ0v) is 17.0. The Balaban J connectivity index is 1.73. The normalized spacial score (nSPS) is 20.1. The maximum absolute atomic E-state index is 12.9. The van der Waals surface area contributed by atoms with Crippen molar-refractivity contribution in [1.82, 2.24) is 4.31 Å². The number of rotatable bonds is 3. The van der Waals surface area contributed by atoms with Gasteiger partial charge in [0, 0.05) is 19.2 Å². The highest BCUT2D eigenvalue weighted by atomic mass is 35.5. The lowest BCUT2D eigenvalue weighted by molar-refractivity contribution is -0.137. The van der Waals surface area contributed by atoms with Crippen LogP contribution < -0.4 is 5.73 Å². The van der Waals surface area contributed by atoms with Crippen molar-refractivity contribution < 1.29 is 17.7 Å². The number of benzene rings is 2. The highest BCUT2D eigenvalue weighted by Crippen LogP contribution is 2.31. The second-order valence-corrected chi connectivity index (χ2v) is 8.47. The van der Waals surface area contributed by atoms with Gasteiger partial charge in [0.1, 0.15) is 0 Å². The third-order valence-electron chi connectivity index (χ3n) is 4.54. The van der Waals surface area contributed by atoms with E-state index in [0.717, 1.165) is 17.7 Å². The second-order valence-electron chi connectivity index (χ2n) is 6.58. The van der Waals surface area contributed by atoms with Crippen LogP contribution in [0.2, 0.25) is 5.02 Å². The summed E-state index contributed by atoms with van der Waals surface area (Å²) < 4.78 is 53.0. The van der Waals surface area contributed by atoms with E-state index in [4.69, 9.17) is 17.3 Å². The fraction of sp³-hybridized carbons (Fsp3) is 0.238. The summed E-state index contributed by atoms with van der Waals surface area (Å²) in [6, 6.07) is 10.1. The van der Waals surface area contributed by atoms with Crippen molar-refractivity contribution in [2.24, 2.45) is 0 Å². The molecule has 154 valence electrons. The number of nitrogen functional groups attached to an aromatic ring is 1. The number of alkyl halides is 3. The first-order valence-corrected chi connectivity index (χ1v) is 10.5. The van der Waals surface area contributed by atoms with Crippen LogP contribution in [0.5, 0.6) is 0 Å². The van der Waals surface area contributed by atoms with E-state index in [1.54, 1.807) is 18.2 Å². The van der Waals surface area contributed by atoms with Crippen molar-refractivity contribution in [2.45, 2.75) is 23.9 Å². The van der Waals surface area contributed by atoms with Gasteiger partial charge >= 0.3 is 6.18 Å². The van der Waals surface area contributed by atoms with E-state index >= 15 is 0 Å². The molecule has 0 radical (unpaired) electrons. The van der Waals surface area contributed by atoms with Crippen molar-refractivity contribution in [3.63, 3.8) is 0 Å². The van der Waals surface area contributed by atoms with E-state index in [-0.39, 0.29) is 0 Å². The molecule has 1 atom stereocenters. The molecule has 3 nitrogen and oxygen atoms in total. The Labute approximate surface area is 176 Å². The first-order chi connectivity index (χ1) is 13.8. The Morgan fingerprint density at radius 2 is 1.72 bits per heavy atom. The largest absolute Gasteiger partial charge is 0.593 e. The van der Waals surface area contributed by atoms with Gasteiger partial charge in [-0.25, -0.2) is 0 Å². The van der Waals surface area contributed by atoms with Gasteiger partial charge in [0.15, 0.2) is 4.90 Å². The Morgan fingerprint density at radius 1 is 1.03 bits per heavy atom. The molecule has 0 aromatic heterocycles. The average Bonchev–Trinajstić information content (AvgIpc) is 2.81. The van der Waals surface area contributed by atoms with Crippen LogP contribution in [0.1, 0.15) is 24.0 Å². The predicted octanol–water partition coefficient (Wildman–Crippen LogP) is 5.70. The van der Waals surface area contributed by atoms with Crippen molar-refractivity contribution >= 4 is 34.2 Å². The van der Waals surface area contributed by atoms with Gasteiger partial charge in [-0.2, -0.15) is 13.2 Å². The van der Waals surface area contributed by atoms with E-state index in [2.05, 4.69) is 0 Å². The number of allylic oxidation sites excluding steroid dienone is 2. The number of hydrogen-bond donors (Lipinski definition) is 1. The topological polar surface area (TPSA) is 52.3 Å². The molecule has 1 heterocycles. The fourth-order valence-corrected chi connectivity index (χ4v) is 4.46. The molecule has 0 saturated heterocycles. The van der Waals surface area contributed by atoms with Crippen LogP contribution >= 0.6 is 11.6 Å². The van der Waals surface area contributed by atoms with Crippen molar-refractivity contribution in [3.05, 3.63) is 76.8 Å². The molecule has 0 saturated carbocycles. The van der Waals surface area contributed by atoms with Gasteiger partial charge in [0.25, 0.3) is 0 Å². The minimum atomic E-state index is -4.35. The molecule has 8 heteroatoms. The summed E-state index contributed by atoms with van der Waals surface area (Å²) in [5.74, 6) is 0. The van der Waals surface area contributed by atoms with Gasteiger partial charge in [0.05, 0.1) is 27.6 Å². The number of halogens is 4. The maximum Gasteiger partial charge on any atom is 0.416 e. The molecule has 0 aliphatic carbocycles. The molecule has 0 fully saturated rings. The van der Waals surface area contributed by atoms with Gasteiger partial charge in [0.2, 0.25) is 0 Å². The molecule has 0 unspecified atom stereocenters. The quantitative estimate of drug-likeness (QED) is 0.492. The third kappa shape index (κ3) is 5.57. The van der Waals surface area contributed by atoms with Gasteiger partial charge in [-0.1, -0.05) is 42.0 Å². The lowest BCUT2D eigenvalue weighted by atomic mass is 10.0. The number of nitrogens with zero attached hydrogens (tertiary/aromatic N) is 1. The molecule has 1 aliphatic heterocycles. The number of anilines is 1. The average molecular weight is 441 g/mol. The first-order valence-electron chi connectivity index (χ1n) is 9.02. The predicted molar refractivity (Wildman–Crippen MR) is 112 cm³/mol. The molecular formula is C21H20ClF3N2OS. The number of hydrogen-bond acceptors (Lipinski definition) is 3. The van der Waals surface area contributed by atoms with Crippen LogP contribution in [0.4, 0.5) is 18.9 Å². The van der Waals surface area contributed by atoms with E-state index < -0.39 is 23.1 Å². The summed E-state index contributed by atoms with van der Waals surface area (Å²) in [6.45, 7) is 1.12. The van der Waals surface area contributed by atoms with Crippen LogP contribution in [0.3, 0.4) is 0 Å². The van der Waals surface area contributed by atoms with Crippen molar-refractivity contribution in [1.29, 1.82) is 0 Å². The van der Waals surface area contributed by atoms with Crippen molar-refractivity contribution in [2.75, 3.05) is 18.8 Å². The van der Waals surface area contributed by atoms with Crippen LogP contribution in [-0.4, -0.2) is 21.9 Å². The summed E-state index contributed by atoms with van der Waals surface area (Å²) in [5.41, 5.74) is 7.04. The maximum atomic E-state index is 12.9. The van der Waals surface area contributed by atoms with E-state index in [0.29, 0.717) is 47.1 Å². The SMILES string of the molecule is Nc1ccc([S@@+]([O-])N2CC/C=C/C(c3ccc(C(F)(F)F)cc3)=C\CC2)cc1Cl. The lowest BCUT2D eigenvalue weighted by Crippen LogP contribution is -2.32. The third-order valence-corrected chi connectivity index (χ3v) is 6.36. The van der Waals surface area contributed by atoms with E-state index in [9.17, 15) is 17.7 Å². The van der Waals surface area contributed by atoms with Gasteiger partial charge in [-0.3, -0.25) is 0 Å². The molecule has 1 aliphatic rings. The smallest absolute Gasteiger partial charge is 0.416 e. The summed E-state index contributed by atoms with van der Waals surface area (Å²) in [6.07, 6.45) is 2.70. The Morgan fingerprint density at radius 3 is 2.38 bits per heavy atom. The zero-order valence-electron chi connectivity index (χ0n) is 15.5. The highest BCUT2D eigenvalue weighted by Gasteiger charge is 2.30. The fourth-order valence-electron chi connectivity index (χ4n) is 2.97. The molecule has 3 rings (SSSR count). The van der Waals surface area contributed by atoms with Crippen LogP contribution in [-0.2, 0) is 17.5 Å². The molecule has 0 spiro atoms. The Kier molecular flexibility index (Phi) is 6.95. The zero-order chi connectivity index (χ0) is 21.0.